The summed E-state index contributed by atoms with van der Waals surface area (Å²) >= 11 is 6.78. The van der Waals surface area contributed by atoms with E-state index in [9.17, 15) is 5.11 Å². The van der Waals surface area contributed by atoms with Gasteiger partial charge in [0, 0.05) is 9.77 Å². The molecule has 0 saturated heterocycles. The Kier molecular flexibility index (Phi) is 4.31. The zero-order valence-electron chi connectivity index (χ0n) is 9.61. The van der Waals surface area contributed by atoms with Gasteiger partial charge in [-0.2, -0.15) is 0 Å². The third-order valence-electron chi connectivity index (χ3n) is 2.58. The van der Waals surface area contributed by atoms with Crippen LogP contribution in [0.5, 0.6) is 0 Å². The molecule has 90 valence electrons. The van der Waals surface area contributed by atoms with Gasteiger partial charge in [-0.1, -0.05) is 12.1 Å². The highest BCUT2D eigenvalue weighted by Gasteiger charge is 2.14. The van der Waals surface area contributed by atoms with Gasteiger partial charge in [-0.05, 0) is 58.4 Å². The molecule has 1 aromatic carbocycles. The topological polar surface area (TPSA) is 20.2 Å². The maximum absolute atomic E-state index is 10.3. The lowest BCUT2D eigenvalue weighted by molar-refractivity contribution is 0.224. The molecule has 1 heterocycles. The van der Waals surface area contributed by atoms with Crippen molar-refractivity contribution in [1.82, 2.24) is 0 Å². The molecule has 2 aromatic rings. The Balaban J connectivity index is 2.26. The van der Waals surface area contributed by atoms with E-state index in [2.05, 4.69) is 15.9 Å². The summed E-state index contributed by atoms with van der Waals surface area (Å²) in [6.07, 6.45) is 1.52. The van der Waals surface area contributed by atoms with Gasteiger partial charge in [0.05, 0.1) is 3.79 Å². The molecule has 1 nitrogen and oxygen atoms in total. The molecule has 1 N–H and O–H groups in total. The van der Waals surface area contributed by atoms with Crippen LogP contribution in [0.25, 0.3) is 0 Å². The maximum atomic E-state index is 10.3. The first-order valence-corrected chi connectivity index (χ1v) is 8.03. The number of thioether (sulfide) groups is 1. The van der Waals surface area contributed by atoms with E-state index >= 15 is 0 Å². The van der Waals surface area contributed by atoms with E-state index in [0.29, 0.717) is 0 Å². The van der Waals surface area contributed by atoms with Crippen molar-refractivity contribution in [3.8, 4) is 0 Å². The van der Waals surface area contributed by atoms with Gasteiger partial charge < -0.3 is 5.11 Å². The first kappa shape index (κ1) is 13.1. The van der Waals surface area contributed by atoms with Crippen LogP contribution in [0.2, 0.25) is 0 Å². The third kappa shape index (κ3) is 2.94. The van der Waals surface area contributed by atoms with Gasteiger partial charge in [-0.3, -0.25) is 0 Å². The minimum absolute atomic E-state index is 0.527. The number of hydrogen-bond acceptors (Lipinski definition) is 3. The number of benzene rings is 1. The van der Waals surface area contributed by atoms with E-state index < -0.39 is 6.10 Å². The van der Waals surface area contributed by atoms with Crippen molar-refractivity contribution in [1.29, 1.82) is 0 Å². The lowest BCUT2D eigenvalue weighted by Crippen LogP contribution is -1.96. The summed E-state index contributed by atoms with van der Waals surface area (Å²) < 4.78 is 1.09. The normalized spacial score (nSPS) is 12.7. The Morgan fingerprint density at radius 3 is 2.41 bits per heavy atom. The lowest BCUT2D eigenvalue weighted by Gasteiger charge is -2.09. The molecule has 1 atom stereocenters. The van der Waals surface area contributed by atoms with Crippen LogP contribution >= 0.6 is 39.0 Å². The van der Waals surface area contributed by atoms with Crippen molar-refractivity contribution in [3.63, 3.8) is 0 Å². The Bertz CT molecular complexity index is 485. The number of aliphatic hydroxyl groups excluding tert-OH is 1. The zero-order valence-corrected chi connectivity index (χ0v) is 12.8. The van der Waals surface area contributed by atoms with Crippen LogP contribution in [0.3, 0.4) is 0 Å². The van der Waals surface area contributed by atoms with Crippen molar-refractivity contribution in [3.05, 3.63) is 50.1 Å². The van der Waals surface area contributed by atoms with Crippen LogP contribution in [-0.4, -0.2) is 11.4 Å². The second kappa shape index (κ2) is 5.57. The highest BCUT2D eigenvalue weighted by molar-refractivity contribution is 9.11. The molecule has 0 radical (unpaired) electrons. The molecule has 0 spiro atoms. The van der Waals surface area contributed by atoms with Crippen molar-refractivity contribution < 1.29 is 5.11 Å². The van der Waals surface area contributed by atoms with Crippen molar-refractivity contribution >= 4 is 39.0 Å². The molecule has 0 fully saturated rings. The lowest BCUT2D eigenvalue weighted by atomic mass is 10.1. The molecule has 0 aliphatic carbocycles. The molecular formula is C13H13BrOS2. The molecule has 0 aliphatic rings. The van der Waals surface area contributed by atoms with Crippen molar-refractivity contribution in [2.75, 3.05) is 6.26 Å². The summed E-state index contributed by atoms with van der Waals surface area (Å²) in [4.78, 5) is 2.19. The third-order valence-corrected chi connectivity index (χ3v) is 5.51. The van der Waals surface area contributed by atoms with Gasteiger partial charge in [0.2, 0.25) is 0 Å². The molecule has 2 rings (SSSR count). The van der Waals surface area contributed by atoms with Crippen molar-refractivity contribution in [2.24, 2.45) is 0 Å². The summed E-state index contributed by atoms with van der Waals surface area (Å²) in [5, 5.41) is 10.3. The number of halogens is 1. The fourth-order valence-corrected chi connectivity index (χ4v) is 3.56. The number of hydrogen-bond donors (Lipinski definition) is 1. The Morgan fingerprint density at radius 2 is 1.94 bits per heavy atom. The highest BCUT2D eigenvalue weighted by atomic mass is 79.9. The van der Waals surface area contributed by atoms with E-state index in [4.69, 9.17) is 0 Å². The fraction of sp³-hybridized carbons (Fsp3) is 0.231. The second-order valence-corrected chi connectivity index (χ2v) is 7.06. The smallest absolute Gasteiger partial charge is 0.113 e. The van der Waals surface area contributed by atoms with E-state index in [-0.39, 0.29) is 0 Å². The van der Waals surface area contributed by atoms with Gasteiger partial charge in [0.15, 0.2) is 0 Å². The van der Waals surface area contributed by atoms with E-state index in [1.807, 2.05) is 43.5 Å². The molecule has 17 heavy (non-hydrogen) atoms. The average Bonchev–Trinajstić information content (AvgIpc) is 2.69. The minimum Gasteiger partial charge on any atom is -0.383 e. The van der Waals surface area contributed by atoms with Gasteiger partial charge >= 0.3 is 0 Å². The van der Waals surface area contributed by atoms with Crippen LogP contribution in [0, 0.1) is 6.92 Å². The quantitative estimate of drug-likeness (QED) is 0.829. The predicted molar refractivity (Wildman–Crippen MR) is 79.0 cm³/mol. The molecule has 4 heteroatoms. The second-order valence-electron chi connectivity index (χ2n) is 3.78. The Labute approximate surface area is 118 Å². The zero-order chi connectivity index (χ0) is 12.4. The summed E-state index contributed by atoms with van der Waals surface area (Å²) in [6.45, 7) is 2.04. The Hall–Kier alpha value is -0.290. The molecule has 0 bridgehead atoms. The first-order chi connectivity index (χ1) is 8.11. The molecule has 0 amide bonds. The average molecular weight is 329 g/mol. The van der Waals surface area contributed by atoms with Crippen LogP contribution in [0.15, 0.2) is 39.0 Å². The summed E-state index contributed by atoms with van der Waals surface area (Å²) in [7, 11) is 0. The predicted octanol–water partition coefficient (Wildman–Crippen LogP) is 4.62. The van der Waals surface area contributed by atoms with Crippen LogP contribution in [0.4, 0.5) is 0 Å². The van der Waals surface area contributed by atoms with Gasteiger partial charge in [0.1, 0.15) is 6.10 Å². The number of thiophene rings is 1. The molecule has 1 unspecified atom stereocenters. The summed E-state index contributed by atoms with van der Waals surface area (Å²) in [6, 6.07) is 10.1. The SMILES string of the molecule is CSc1ccc(C(O)c2cc(C)c(Br)s2)cc1. The number of aryl methyl sites for hydroxylation is 1. The van der Waals surface area contributed by atoms with Gasteiger partial charge in [-0.15, -0.1) is 23.1 Å². The van der Waals surface area contributed by atoms with E-state index in [0.717, 1.165) is 14.2 Å². The van der Waals surface area contributed by atoms with Crippen LogP contribution < -0.4 is 0 Å². The first-order valence-electron chi connectivity index (χ1n) is 5.19. The van der Waals surface area contributed by atoms with Crippen LogP contribution in [0.1, 0.15) is 22.1 Å². The minimum atomic E-state index is -0.527. The largest absolute Gasteiger partial charge is 0.383 e. The van der Waals surface area contributed by atoms with Crippen molar-refractivity contribution in [2.45, 2.75) is 17.9 Å². The standard InChI is InChI=1S/C13H13BrOS2/c1-8-7-11(17-13(8)14)12(15)9-3-5-10(16-2)6-4-9/h3-7,12,15H,1-2H3. The summed E-state index contributed by atoms with van der Waals surface area (Å²) in [5.74, 6) is 0. The number of rotatable bonds is 3. The Morgan fingerprint density at radius 1 is 1.29 bits per heavy atom. The summed E-state index contributed by atoms with van der Waals surface area (Å²) in [5.41, 5.74) is 2.11. The maximum Gasteiger partial charge on any atom is 0.113 e. The number of aliphatic hydroxyl groups is 1. The molecule has 1 aromatic heterocycles. The van der Waals surface area contributed by atoms with E-state index in [1.54, 1.807) is 23.1 Å². The van der Waals surface area contributed by atoms with E-state index in [1.165, 1.54) is 10.5 Å². The van der Waals surface area contributed by atoms with Crippen LogP contribution in [-0.2, 0) is 0 Å². The van der Waals surface area contributed by atoms with Gasteiger partial charge in [0.25, 0.3) is 0 Å². The van der Waals surface area contributed by atoms with Gasteiger partial charge in [-0.25, -0.2) is 0 Å². The fourth-order valence-electron chi connectivity index (χ4n) is 1.57. The molecule has 0 saturated carbocycles. The highest BCUT2D eigenvalue weighted by Crippen LogP contribution is 2.34. The molecular weight excluding hydrogens is 316 g/mol. The molecule has 0 aliphatic heterocycles. The monoisotopic (exact) mass is 328 g/mol.